The van der Waals surface area contributed by atoms with Crippen LogP contribution in [0.4, 0.5) is 10.5 Å². The molecule has 0 aliphatic carbocycles. The summed E-state index contributed by atoms with van der Waals surface area (Å²) in [6, 6.07) is 20.7. The summed E-state index contributed by atoms with van der Waals surface area (Å²) >= 11 is 0. The monoisotopic (exact) mass is 409 g/mol. The molecule has 3 N–H and O–H groups in total. The van der Waals surface area contributed by atoms with Crippen molar-refractivity contribution in [3.8, 4) is 5.75 Å². The fraction of sp³-hybridized carbons (Fsp3) is 0.292. The number of amides is 1. The number of nitrogens with one attached hydrogen (secondary N) is 1. The van der Waals surface area contributed by atoms with Gasteiger partial charge in [-0.25, -0.2) is 4.79 Å². The quantitative estimate of drug-likeness (QED) is 0.484. The molecule has 1 amide bonds. The zero-order chi connectivity index (χ0) is 21.3. The largest absolute Gasteiger partial charge is 0.491 e. The fourth-order valence-corrected chi connectivity index (χ4v) is 3.43. The van der Waals surface area contributed by atoms with Gasteiger partial charge in [-0.3, -0.25) is 5.32 Å². The minimum absolute atomic E-state index is 0.0222. The average Bonchev–Trinajstić information content (AvgIpc) is 2.77. The third kappa shape index (κ3) is 5.28. The van der Waals surface area contributed by atoms with Crippen molar-refractivity contribution in [3.63, 3.8) is 0 Å². The molecule has 2 atom stereocenters. The molecular weight excluding hydrogens is 382 g/mol. The van der Waals surface area contributed by atoms with Crippen LogP contribution in [-0.4, -0.2) is 36.1 Å². The Bertz CT molecular complexity index is 969. The molecule has 0 heterocycles. The van der Waals surface area contributed by atoms with Crippen LogP contribution in [0, 0.1) is 5.92 Å². The van der Waals surface area contributed by atoms with E-state index in [2.05, 4.69) is 5.32 Å². The summed E-state index contributed by atoms with van der Waals surface area (Å²) < 4.78 is 11.4. The van der Waals surface area contributed by atoms with Gasteiger partial charge in [-0.05, 0) is 29.9 Å². The SMILES string of the molecule is C[C@H](CCO)[C@H](OC(=O)Nc1cccc2ccccc12)c1ccccc1OCCO. The third-order valence-electron chi connectivity index (χ3n) is 4.94. The van der Waals surface area contributed by atoms with E-state index in [0.29, 0.717) is 23.4 Å². The lowest BCUT2D eigenvalue weighted by Crippen LogP contribution is -2.23. The van der Waals surface area contributed by atoms with Crippen molar-refractivity contribution < 1.29 is 24.5 Å². The fourth-order valence-electron chi connectivity index (χ4n) is 3.43. The summed E-state index contributed by atoms with van der Waals surface area (Å²) in [6.07, 6.45) is -0.749. The second-order valence-electron chi connectivity index (χ2n) is 7.08. The molecule has 0 radical (unpaired) electrons. The number of anilines is 1. The van der Waals surface area contributed by atoms with Crippen LogP contribution in [0.15, 0.2) is 66.7 Å². The average molecular weight is 409 g/mol. The van der Waals surface area contributed by atoms with Crippen molar-refractivity contribution in [2.45, 2.75) is 19.4 Å². The Hall–Kier alpha value is -3.09. The van der Waals surface area contributed by atoms with Crippen LogP contribution in [0.3, 0.4) is 0 Å². The summed E-state index contributed by atoms with van der Waals surface area (Å²) in [5.74, 6) is 0.395. The number of hydrogen-bond acceptors (Lipinski definition) is 5. The lowest BCUT2D eigenvalue weighted by molar-refractivity contribution is 0.0642. The molecule has 30 heavy (non-hydrogen) atoms. The van der Waals surface area contributed by atoms with Crippen LogP contribution in [-0.2, 0) is 4.74 Å². The molecule has 0 saturated carbocycles. The highest BCUT2D eigenvalue weighted by atomic mass is 16.6. The van der Waals surface area contributed by atoms with Crippen LogP contribution in [0.1, 0.15) is 25.0 Å². The Morgan fingerprint density at radius 3 is 2.50 bits per heavy atom. The predicted octanol–water partition coefficient (Wildman–Crippen LogP) is 4.52. The maximum Gasteiger partial charge on any atom is 0.412 e. The molecule has 0 aliphatic rings. The van der Waals surface area contributed by atoms with Gasteiger partial charge in [0.2, 0.25) is 0 Å². The van der Waals surface area contributed by atoms with Gasteiger partial charge in [-0.1, -0.05) is 61.5 Å². The van der Waals surface area contributed by atoms with E-state index in [1.807, 2.05) is 67.6 Å². The minimum atomic E-state index is -0.623. The molecule has 158 valence electrons. The number of para-hydroxylation sites is 1. The van der Waals surface area contributed by atoms with Gasteiger partial charge >= 0.3 is 6.09 Å². The zero-order valence-corrected chi connectivity index (χ0v) is 17.0. The molecule has 3 rings (SSSR count). The molecule has 3 aromatic rings. The summed E-state index contributed by atoms with van der Waals surface area (Å²) in [7, 11) is 0. The predicted molar refractivity (Wildman–Crippen MR) is 117 cm³/mol. The topological polar surface area (TPSA) is 88.0 Å². The second kappa shape index (κ2) is 10.6. The number of aliphatic hydroxyl groups is 2. The Labute approximate surface area is 176 Å². The Balaban J connectivity index is 1.84. The first-order valence-corrected chi connectivity index (χ1v) is 10.0. The molecule has 3 aromatic carbocycles. The molecule has 0 unspecified atom stereocenters. The highest BCUT2D eigenvalue weighted by molar-refractivity contribution is 6.00. The van der Waals surface area contributed by atoms with E-state index >= 15 is 0 Å². The molecule has 0 saturated heterocycles. The van der Waals surface area contributed by atoms with Gasteiger partial charge < -0.3 is 19.7 Å². The number of carbonyl (C=O) groups is 1. The number of ether oxygens (including phenoxy) is 2. The maximum absolute atomic E-state index is 12.8. The summed E-state index contributed by atoms with van der Waals surface area (Å²) in [5.41, 5.74) is 1.36. The van der Waals surface area contributed by atoms with E-state index in [9.17, 15) is 9.90 Å². The highest BCUT2D eigenvalue weighted by Crippen LogP contribution is 2.35. The molecule has 6 nitrogen and oxygen atoms in total. The van der Waals surface area contributed by atoms with Crippen LogP contribution >= 0.6 is 0 Å². The maximum atomic E-state index is 12.8. The first-order chi connectivity index (χ1) is 14.6. The van der Waals surface area contributed by atoms with Crippen LogP contribution in [0.25, 0.3) is 10.8 Å². The van der Waals surface area contributed by atoms with Crippen molar-refractivity contribution in [2.24, 2.45) is 5.92 Å². The molecule has 0 bridgehead atoms. The Kier molecular flexibility index (Phi) is 7.65. The number of carbonyl (C=O) groups excluding carboxylic acids is 1. The standard InChI is InChI=1S/C24H27NO5/c1-17(13-14-26)23(20-10-4-5-12-22(20)29-16-15-27)30-24(28)25-21-11-6-8-18-7-2-3-9-19(18)21/h2-12,17,23,26-27H,13-16H2,1H3,(H,25,28)/t17-,23+/m1/s1. The number of fused-ring (bicyclic) bond motifs is 1. The van der Waals surface area contributed by atoms with Gasteiger partial charge in [0.05, 0.1) is 12.3 Å². The zero-order valence-electron chi connectivity index (χ0n) is 17.0. The Morgan fingerprint density at radius 1 is 0.967 bits per heavy atom. The molecule has 0 aromatic heterocycles. The van der Waals surface area contributed by atoms with Crippen molar-refractivity contribution in [1.82, 2.24) is 0 Å². The van der Waals surface area contributed by atoms with Gasteiger partial charge in [0.1, 0.15) is 18.5 Å². The van der Waals surface area contributed by atoms with E-state index < -0.39 is 12.2 Å². The van der Waals surface area contributed by atoms with Crippen molar-refractivity contribution in [1.29, 1.82) is 0 Å². The lowest BCUT2D eigenvalue weighted by Gasteiger charge is -2.26. The number of rotatable bonds is 9. The third-order valence-corrected chi connectivity index (χ3v) is 4.94. The number of aliphatic hydroxyl groups excluding tert-OH is 2. The van der Waals surface area contributed by atoms with Crippen LogP contribution in [0.2, 0.25) is 0 Å². The number of hydrogen-bond donors (Lipinski definition) is 3. The second-order valence-corrected chi connectivity index (χ2v) is 7.08. The van der Waals surface area contributed by atoms with E-state index in [1.54, 1.807) is 6.07 Å². The normalized spacial score (nSPS) is 12.9. The van der Waals surface area contributed by atoms with Crippen LogP contribution < -0.4 is 10.1 Å². The molecule has 6 heteroatoms. The van der Waals surface area contributed by atoms with Gasteiger partial charge in [-0.15, -0.1) is 0 Å². The van der Waals surface area contributed by atoms with E-state index in [-0.39, 0.29) is 25.7 Å². The summed E-state index contributed by atoms with van der Waals surface area (Å²) in [5, 5.41) is 23.3. The van der Waals surface area contributed by atoms with Gasteiger partial charge in [0.25, 0.3) is 0 Å². The Morgan fingerprint density at radius 2 is 1.70 bits per heavy atom. The summed E-state index contributed by atoms with van der Waals surface area (Å²) in [6.45, 7) is 1.91. The van der Waals surface area contributed by atoms with Crippen molar-refractivity contribution >= 4 is 22.6 Å². The van der Waals surface area contributed by atoms with Crippen molar-refractivity contribution in [3.05, 3.63) is 72.3 Å². The molecule has 0 fully saturated rings. The van der Waals surface area contributed by atoms with E-state index in [4.69, 9.17) is 14.6 Å². The van der Waals surface area contributed by atoms with Gasteiger partial charge in [-0.2, -0.15) is 0 Å². The first-order valence-electron chi connectivity index (χ1n) is 10.0. The molecular formula is C24H27NO5. The number of benzene rings is 3. The van der Waals surface area contributed by atoms with Gasteiger partial charge in [0, 0.05) is 17.6 Å². The highest BCUT2D eigenvalue weighted by Gasteiger charge is 2.26. The van der Waals surface area contributed by atoms with E-state index in [0.717, 1.165) is 10.8 Å². The molecule has 0 aliphatic heterocycles. The summed E-state index contributed by atoms with van der Waals surface area (Å²) in [4.78, 5) is 12.8. The molecule has 0 spiro atoms. The van der Waals surface area contributed by atoms with E-state index in [1.165, 1.54) is 0 Å². The minimum Gasteiger partial charge on any atom is -0.491 e. The van der Waals surface area contributed by atoms with Crippen LogP contribution in [0.5, 0.6) is 5.75 Å². The first kappa shape index (κ1) is 21.6. The lowest BCUT2D eigenvalue weighted by atomic mass is 9.94. The smallest absolute Gasteiger partial charge is 0.412 e. The van der Waals surface area contributed by atoms with Gasteiger partial charge in [0.15, 0.2) is 0 Å². The van der Waals surface area contributed by atoms with Crippen molar-refractivity contribution in [2.75, 3.05) is 25.1 Å².